The third-order valence-electron chi connectivity index (χ3n) is 2.44. The van der Waals surface area contributed by atoms with Crippen LogP contribution in [0.15, 0.2) is 24.5 Å². The molecule has 6 nitrogen and oxygen atoms in total. The molecule has 0 saturated heterocycles. The van der Waals surface area contributed by atoms with Crippen molar-refractivity contribution in [3.8, 4) is 0 Å². The van der Waals surface area contributed by atoms with Crippen molar-refractivity contribution >= 4 is 15.9 Å². The summed E-state index contributed by atoms with van der Waals surface area (Å²) < 4.78 is 23.5. The van der Waals surface area contributed by atoms with Crippen molar-refractivity contribution in [2.24, 2.45) is 0 Å². The topological polar surface area (TPSA) is 79.4 Å². The van der Waals surface area contributed by atoms with Gasteiger partial charge in [-0.1, -0.05) is 0 Å². The fraction of sp³-hybridized carbons (Fsp3) is 0.455. The second kappa shape index (κ2) is 6.46. The minimum atomic E-state index is -3.14. The molecule has 1 amide bonds. The summed E-state index contributed by atoms with van der Waals surface area (Å²) in [6.45, 7) is 0.816. The number of aromatic nitrogens is 1. The number of nitrogens with zero attached hydrogens (tertiary/aromatic N) is 2. The summed E-state index contributed by atoms with van der Waals surface area (Å²) in [5.74, 6) is -0.181. The van der Waals surface area contributed by atoms with Gasteiger partial charge in [0.15, 0.2) is 0 Å². The molecule has 0 unspecified atom stereocenters. The quantitative estimate of drug-likeness (QED) is 0.744. The normalized spacial score (nSPS) is 11.5. The van der Waals surface area contributed by atoms with E-state index in [9.17, 15) is 13.2 Å². The third kappa shape index (κ3) is 4.80. The number of rotatable bonds is 6. The Kier molecular flexibility index (Phi) is 5.24. The van der Waals surface area contributed by atoms with Gasteiger partial charge in [0.25, 0.3) is 5.91 Å². The van der Waals surface area contributed by atoms with Crippen molar-refractivity contribution in [2.75, 3.05) is 26.4 Å². The minimum Gasteiger partial charge on any atom is -0.352 e. The molecule has 0 aliphatic carbocycles. The van der Waals surface area contributed by atoms with Gasteiger partial charge >= 0.3 is 0 Å². The standard InChI is InChI=1S/C11H17N3O3S/c1-14(18(2,16)17)9-3-6-13-11(15)10-4-7-12-8-5-10/h4-5,7-8H,3,6,9H2,1-2H3,(H,13,15). The first-order valence-corrected chi connectivity index (χ1v) is 7.35. The Bertz CT molecular complexity index is 488. The Morgan fingerprint density at radius 2 is 2.00 bits per heavy atom. The van der Waals surface area contributed by atoms with Crippen LogP contribution in [0.25, 0.3) is 0 Å². The maximum Gasteiger partial charge on any atom is 0.251 e. The molecule has 0 aromatic carbocycles. The lowest BCUT2D eigenvalue weighted by Crippen LogP contribution is -2.30. The highest BCUT2D eigenvalue weighted by Gasteiger charge is 2.10. The van der Waals surface area contributed by atoms with E-state index in [1.54, 1.807) is 24.5 Å². The molecule has 0 aliphatic heterocycles. The number of carbonyl (C=O) groups is 1. The molecule has 0 aliphatic rings. The molecule has 1 aromatic heterocycles. The van der Waals surface area contributed by atoms with Crippen LogP contribution in [0.1, 0.15) is 16.8 Å². The van der Waals surface area contributed by atoms with E-state index >= 15 is 0 Å². The molecule has 0 atom stereocenters. The maximum absolute atomic E-state index is 11.6. The fourth-order valence-electron chi connectivity index (χ4n) is 1.27. The molecule has 100 valence electrons. The van der Waals surface area contributed by atoms with E-state index in [0.29, 0.717) is 25.1 Å². The first-order chi connectivity index (χ1) is 8.41. The van der Waals surface area contributed by atoms with Crippen LogP contribution >= 0.6 is 0 Å². The molecule has 18 heavy (non-hydrogen) atoms. The highest BCUT2D eigenvalue weighted by molar-refractivity contribution is 7.88. The summed E-state index contributed by atoms with van der Waals surface area (Å²) in [6.07, 6.45) is 4.82. The Balaban J connectivity index is 2.29. The molecule has 1 aromatic rings. The van der Waals surface area contributed by atoms with E-state index in [-0.39, 0.29) is 5.91 Å². The third-order valence-corrected chi connectivity index (χ3v) is 3.76. The Hall–Kier alpha value is -1.47. The van der Waals surface area contributed by atoms with Gasteiger partial charge in [-0.05, 0) is 18.6 Å². The molecule has 0 radical (unpaired) electrons. The monoisotopic (exact) mass is 271 g/mol. The largest absolute Gasteiger partial charge is 0.352 e. The Labute approximate surface area is 107 Å². The Morgan fingerprint density at radius 1 is 1.39 bits per heavy atom. The summed E-state index contributed by atoms with van der Waals surface area (Å²) in [5.41, 5.74) is 0.543. The second-order valence-electron chi connectivity index (χ2n) is 3.93. The summed E-state index contributed by atoms with van der Waals surface area (Å²) in [4.78, 5) is 15.4. The molecule has 1 N–H and O–H groups in total. The molecule has 0 saturated carbocycles. The van der Waals surface area contributed by atoms with E-state index < -0.39 is 10.0 Å². The van der Waals surface area contributed by atoms with E-state index in [2.05, 4.69) is 10.3 Å². The first-order valence-electron chi connectivity index (χ1n) is 5.51. The number of sulfonamides is 1. The van der Waals surface area contributed by atoms with Gasteiger partial charge in [-0.2, -0.15) is 0 Å². The first kappa shape index (κ1) is 14.6. The lowest BCUT2D eigenvalue weighted by Gasteiger charge is -2.13. The van der Waals surface area contributed by atoms with Gasteiger partial charge in [-0.3, -0.25) is 9.78 Å². The lowest BCUT2D eigenvalue weighted by atomic mass is 10.2. The van der Waals surface area contributed by atoms with Crippen LogP contribution in [0.3, 0.4) is 0 Å². The zero-order chi connectivity index (χ0) is 13.6. The molecule has 0 bridgehead atoms. The van der Waals surface area contributed by atoms with Crippen LogP contribution in [0.5, 0.6) is 0 Å². The van der Waals surface area contributed by atoms with Crippen LogP contribution in [-0.4, -0.2) is 50.0 Å². The zero-order valence-electron chi connectivity index (χ0n) is 10.5. The van der Waals surface area contributed by atoms with E-state index in [0.717, 1.165) is 6.26 Å². The van der Waals surface area contributed by atoms with Crippen LogP contribution in [0.2, 0.25) is 0 Å². The van der Waals surface area contributed by atoms with Crippen LogP contribution < -0.4 is 5.32 Å². The van der Waals surface area contributed by atoms with Gasteiger partial charge in [0, 0.05) is 38.1 Å². The fourth-order valence-corrected chi connectivity index (χ4v) is 1.74. The molecular weight excluding hydrogens is 254 g/mol. The van der Waals surface area contributed by atoms with E-state index in [1.807, 2.05) is 0 Å². The van der Waals surface area contributed by atoms with Gasteiger partial charge in [0.2, 0.25) is 10.0 Å². The van der Waals surface area contributed by atoms with Crippen molar-refractivity contribution in [1.82, 2.24) is 14.6 Å². The number of amides is 1. The molecular formula is C11H17N3O3S. The van der Waals surface area contributed by atoms with Gasteiger partial charge in [-0.25, -0.2) is 12.7 Å². The van der Waals surface area contributed by atoms with Crippen molar-refractivity contribution in [1.29, 1.82) is 0 Å². The minimum absolute atomic E-state index is 0.181. The van der Waals surface area contributed by atoms with Crippen molar-refractivity contribution < 1.29 is 13.2 Å². The second-order valence-corrected chi connectivity index (χ2v) is 6.02. The zero-order valence-corrected chi connectivity index (χ0v) is 11.3. The number of nitrogens with one attached hydrogen (secondary N) is 1. The summed E-state index contributed by atoms with van der Waals surface area (Å²) in [6, 6.07) is 3.25. The highest BCUT2D eigenvalue weighted by Crippen LogP contribution is 1.97. The van der Waals surface area contributed by atoms with Crippen molar-refractivity contribution in [3.05, 3.63) is 30.1 Å². The summed E-state index contributed by atoms with van der Waals surface area (Å²) >= 11 is 0. The van der Waals surface area contributed by atoms with Crippen molar-refractivity contribution in [3.63, 3.8) is 0 Å². The predicted molar refractivity (Wildman–Crippen MR) is 68.7 cm³/mol. The van der Waals surface area contributed by atoms with Gasteiger partial charge in [-0.15, -0.1) is 0 Å². The van der Waals surface area contributed by atoms with Crippen molar-refractivity contribution in [2.45, 2.75) is 6.42 Å². The number of carbonyl (C=O) groups excluding carboxylic acids is 1. The number of hydrogen-bond acceptors (Lipinski definition) is 4. The molecule has 7 heteroatoms. The smallest absolute Gasteiger partial charge is 0.251 e. The van der Waals surface area contributed by atoms with Gasteiger partial charge < -0.3 is 5.32 Å². The molecule has 1 rings (SSSR count). The van der Waals surface area contributed by atoms with Crippen LogP contribution in [0, 0.1) is 0 Å². The van der Waals surface area contributed by atoms with Gasteiger partial charge in [0.1, 0.15) is 0 Å². The number of hydrogen-bond donors (Lipinski definition) is 1. The summed E-state index contributed by atoms with van der Waals surface area (Å²) in [7, 11) is -1.63. The van der Waals surface area contributed by atoms with E-state index in [4.69, 9.17) is 0 Å². The summed E-state index contributed by atoms with van der Waals surface area (Å²) in [5, 5.41) is 2.72. The molecule has 0 spiro atoms. The van der Waals surface area contributed by atoms with Crippen LogP contribution in [0.4, 0.5) is 0 Å². The molecule has 1 heterocycles. The lowest BCUT2D eigenvalue weighted by molar-refractivity contribution is 0.0953. The molecule has 0 fully saturated rings. The highest BCUT2D eigenvalue weighted by atomic mass is 32.2. The average molecular weight is 271 g/mol. The number of pyridine rings is 1. The average Bonchev–Trinajstić information content (AvgIpc) is 2.34. The Morgan fingerprint density at radius 3 is 2.56 bits per heavy atom. The predicted octanol–water partition coefficient (Wildman–Crippen LogP) is 0.0929. The van der Waals surface area contributed by atoms with Crippen LogP contribution in [-0.2, 0) is 10.0 Å². The SMILES string of the molecule is CN(CCCNC(=O)c1ccncc1)S(C)(=O)=O. The van der Waals surface area contributed by atoms with Gasteiger partial charge in [0.05, 0.1) is 6.26 Å². The van der Waals surface area contributed by atoms with E-state index in [1.165, 1.54) is 11.4 Å². The maximum atomic E-state index is 11.6.